The van der Waals surface area contributed by atoms with E-state index in [9.17, 15) is 47.9 Å². The first-order valence-corrected chi connectivity index (χ1v) is 28.7. The maximum atomic E-state index is 14.5. The monoisotopic (exact) mass is 1150 g/mol. The molecule has 81 heavy (non-hydrogen) atoms. The number of primary amides is 1. The Balaban J connectivity index is 3.59. The number of nitrogens with zero attached hydrogens (tertiary/aromatic N) is 3. The fraction of sp³-hybridized carbons (Fsp3) is 0.778. The fourth-order valence-corrected chi connectivity index (χ4v) is 9.29. The summed E-state index contributed by atoms with van der Waals surface area (Å²) in [6.45, 7) is 20.3. The number of nitrogens with two attached hydrogens (primary N) is 6. The number of carbonyl (C=O) groups excluding carboxylic acids is 10. The third-order valence-corrected chi connectivity index (χ3v) is 13.3. The van der Waals surface area contributed by atoms with Crippen LogP contribution in [0.3, 0.4) is 0 Å². The summed E-state index contributed by atoms with van der Waals surface area (Å²) in [4.78, 5) is 147. The van der Waals surface area contributed by atoms with Crippen molar-refractivity contribution in [1.82, 2.24) is 47.4 Å². The molecule has 0 aromatic heterocycles. The Bertz CT molecular complexity index is 2130. The van der Waals surface area contributed by atoms with Gasteiger partial charge in [-0.25, -0.2) is 0 Å². The summed E-state index contributed by atoms with van der Waals surface area (Å²) >= 11 is 0. The lowest BCUT2D eigenvalue weighted by molar-refractivity contribution is -0.141. The van der Waals surface area contributed by atoms with Gasteiger partial charge in [0, 0.05) is 26.6 Å². The Labute approximate surface area is 479 Å². The Morgan fingerprint density at radius 3 is 1.17 bits per heavy atom. The Morgan fingerprint density at radius 1 is 0.457 bits per heavy atom. The highest BCUT2D eigenvalue weighted by molar-refractivity contribution is 5.98. The van der Waals surface area contributed by atoms with Gasteiger partial charge >= 0.3 is 0 Å². The molecule has 0 aromatic rings. The second-order valence-electron chi connectivity index (χ2n) is 23.1. The standard InChI is InChI=1S/C54H101N17O10/c1-29(2)25-38(63-34(11)72)47(76)67-40(27-31(5)6)49(78)69-41(28-32(7)8)50(79)68-39(26-30(3)4)48(77)64-36(18-14-22-61-53(57)58)46(75)70-43(33(9)10)51(80)65-35(17-12-13-21-55)45(74)66-37(19-15-23-62-54(59)60)52(81)71-24-16-20-42(71)44(56)73/h29-33,35-43H,12-28,55H2,1-11H3,(H2,56,73)(H,63,72)(H,64,77)(H,65,80)(H,66,74)(H,67,76)(H,68,79)(H,69,78)(H,70,75)(H4,57,58,61)(H4,59,60,62)/t35-,36-,37-,38-,39-,40-,41-,42-,43-/m0/s1. The first-order chi connectivity index (χ1) is 37.9. The number of rotatable bonds is 38. The summed E-state index contributed by atoms with van der Waals surface area (Å²) in [5, 5.41) is 22.1. The molecule has 1 aliphatic rings. The van der Waals surface area contributed by atoms with E-state index in [4.69, 9.17) is 34.4 Å². The first kappa shape index (κ1) is 72.2. The van der Waals surface area contributed by atoms with E-state index in [0.29, 0.717) is 32.1 Å². The minimum Gasteiger partial charge on any atom is -0.370 e. The zero-order valence-electron chi connectivity index (χ0n) is 50.0. The molecule has 1 heterocycles. The van der Waals surface area contributed by atoms with Crippen LogP contribution >= 0.6 is 0 Å². The van der Waals surface area contributed by atoms with Gasteiger partial charge in [-0.15, -0.1) is 0 Å². The average molecular weight is 1150 g/mol. The van der Waals surface area contributed by atoms with Gasteiger partial charge in [0.2, 0.25) is 59.1 Å². The van der Waals surface area contributed by atoms with Gasteiger partial charge < -0.3 is 81.8 Å². The molecule has 462 valence electrons. The van der Waals surface area contributed by atoms with E-state index in [1.165, 1.54) is 11.8 Å². The zero-order chi connectivity index (χ0) is 61.7. The maximum absolute atomic E-state index is 14.5. The number of carbonyl (C=O) groups is 10. The number of hydrogen-bond donors (Lipinski definition) is 14. The Hall–Kier alpha value is -6.80. The summed E-state index contributed by atoms with van der Waals surface area (Å²) in [5.74, 6) is -7.74. The molecule has 1 fully saturated rings. The molecule has 0 saturated carbocycles. The van der Waals surface area contributed by atoms with Crippen LogP contribution in [0.2, 0.25) is 0 Å². The molecule has 1 rings (SSSR count). The quantitative estimate of drug-likeness (QED) is 0.0189. The number of likely N-dealkylation sites (tertiary alicyclic amines) is 1. The molecular formula is C54H101N17O10. The summed E-state index contributed by atoms with van der Waals surface area (Å²) in [6.07, 6.45) is 3.15. The van der Waals surface area contributed by atoms with Crippen LogP contribution in [0, 0.1) is 29.6 Å². The highest BCUT2D eigenvalue weighted by atomic mass is 16.2. The molecule has 0 radical (unpaired) electrons. The molecule has 1 aliphatic heterocycles. The second kappa shape index (κ2) is 37.3. The maximum Gasteiger partial charge on any atom is 0.245 e. The van der Waals surface area contributed by atoms with Crippen molar-refractivity contribution in [3.8, 4) is 0 Å². The smallest absolute Gasteiger partial charge is 0.245 e. The normalized spacial score (nSPS) is 16.2. The van der Waals surface area contributed by atoms with Crippen molar-refractivity contribution in [2.24, 2.45) is 74.0 Å². The van der Waals surface area contributed by atoms with E-state index in [0.717, 1.165) is 0 Å². The largest absolute Gasteiger partial charge is 0.370 e. The molecule has 10 amide bonds. The van der Waals surface area contributed by atoms with Gasteiger partial charge in [0.1, 0.15) is 54.4 Å². The van der Waals surface area contributed by atoms with Crippen molar-refractivity contribution in [3.63, 3.8) is 0 Å². The molecule has 27 nitrogen and oxygen atoms in total. The van der Waals surface area contributed by atoms with Crippen LogP contribution < -0.4 is 76.9 Å². The average Bonchev–Trinajstić information content (AvgIpc) is 3.94. The van der Waals surface area contributed by atoms with Crippen molar-refractivity contribution in [2.45, 2.75) is 214 Å². The van der Waals surface area contributed by atoms with Gasteiger partial charge in [-0.2, -0.15) is 0 Å². The summed E-state index contributed by atoms with van der Waals surface area (Å²) in [6, 6.07) is -10.2. The molecule has 27 heteroatoms. The minimum absolute atomic E-state index is 0.0333. The van der Waals surface area contributed by atoms with Crippen LogP contribution in [-0.4, -0.2) is 156 Å². The lowest BCUT2D eigenvalue weighted by atomic mass is 9.97. The van der Waals surface area contributed by atoms with E-state index < -0.39 is 119 Å². The second-order valence-corrected chi connectivity index (χ2v) is 23.1. The molecule has 0 aromatic carbocycles. The van der Waals surface area contributed by atoms with Gasteiger partial charge in [-0.05, 0) is 120 Å². The summed E-state index contributed by atoms with van der Waals surface area (Å²) < 4.78 is 0. The zero-order valence-corrected chi connectivity index (χ0v) is 50.0. The molecule has 0 unspecified atom stereocenters. The van der Waals surface area contributed by atoms with E-state index in [1.54, 1.807) is 13.8 Å². The van der Waals surface area contributed by atoms with Gasteiger partial charge in [-0.1, -0.05) is 69.2 Å². The predicted octanol–water partition coefficient (Wildman–Crippen LogP) is -1.56. The van der Waals surface area contributed by atoms with Crippen molar-refractivity contribution in [1.29, 1.82) is 0 Å². The number of hydrogen-bond acceptors (Lipinski definition) is 13. The van der Waals surface area contributed by atoms with Gasteiger partial charge in [0.05, 0.1) is 0 Å². The molecule has 0 spiro atoms. The number of unbranched alkanes of at least 4 members (excludes halogenated alkanes) is 1. The third-order valence-electron chi connectivity index (χ3n) is 13.3. The summed E-state index contributed by atoms with van der Waals surface area (Å²) in [7, 11) is 0. The van der Waals surface area contributed by atoms with E-state index in [-0.39, 0.29) is 113 Å². The third kappa shape index (κ3) is 28.5. The number of guanidine groups is 2. The Kier molecular flexibility index (Phi) is 33.2. The van der Waals surface area contributed by atoms with Gasteiger partial charge in [0.25, 0.3) is 0 Å². The molecule has 0 bridgehead atoms. The highest BCUT2D eigenvalue weighted by Gasteiger charge is 2.39. The lowest BCUT2D eigenvalue weighted by Gasteiger charge is -2.30. The van der Waals surface area contributed by atoms with Crippen LogP contribution in [0.1, 0.15) is 160 Å². The van der Waals surface area contributed by atoms with Crippen LogP contribution in [0.4, 0.5) is 0 Å². The van der Waals surface area contributed by atoms with E-state index >= 15 is 0 Å². The molecule has 1 saturated heterocycles. The van der Waals surface area contributed by atoms with Gasteiger partial charge in [0.15, 0.2) is 11.9 Å². The molecular weight excluding hydrogens is 1050 g/mol. The van der Waals surface area contributed by atoms with Crippen LogP contribution in [0.15, 0.2) is 9.98 Å². The van der Waals surface area contributed by atoms with Crippen molar-refractivity contribution < 1.29 is 47.9 Å². The number of aliphatic imine (C=N–C) groups is 2. The number of amides is 10. The van der Waals surface area contributed by atoms with Crippen LogP contribution in [0.25, 0.3) is 0 Å². The van der Waals surface area contributed by atoms with Crippen molar-refractivity contribution in [2.75, 3.05) is 26.2 Å². The molecule has 20 N–H and O–H groups in total. The first-order valence-electron chi connectivity index (χ1n) is 28.7. The van der Waals surface area contributed by atoms with Gasteiger partial charge in [-0.3, -0.25) is 57.9 Å². The summed E-state index contributed by atoms with van der Waals surface area (Å²) in [5.41, 5.74) is 33.6. The van der Waals surface area contributed by atoms with Crippen LogP contribution in [0.5, 0.6) is 0 Å². The minimum atomic E-state index is -1.32. The van der Waals surface area contributed by atoms with E-state index in [2.05, 4.69) is 52.5 Å². The highest BCUT2D eigenvalue weighted by Crippen LogP contribution is 2.20. The SMILES string of the molecule is CC(=O)N[C@@H](CC(C)C)C(=O)N[C@@H](CC(C)C)C(=O)N[C@@H](CC(C)C)C(=O)N[C@@H](CC(C)C)C(=O)N[C@@H](CCCN=C(N)N)C(=O)N[C@H](C(=O)N[C@@H](CCCCN)C(=O)N[C@@H](CCCN=C(N)N)C(=O)N1CCC[C@H]1C(N)=O)C(C)C. The van der Waals surface area contributed by atoms with Crippen molar-refractivity contribution >= 4 is 71.0 Å². The lowest BCUT2D eigenvalue weighted by Crippen LogP contribution is -2.61. The Morgan fingerprint density at radius 2 is 0.802 bits per heavy atom. The number of nitrogens with one attached hydrogen (secondary N) is 8. The fourth-order valence-electron chi connectivity index (χ4n) is 9.29. The van der Waals surface area contributed by atoms with Crippen LogP contribution in [-0.2, 0) is 47.9 Å². The topological polar surface area (TPSA) is 451 Å². The predicted molar refractivity (Wildman–Crippen MR) is 310 cm³/mol. The van der Waals surface area contributed by atoms with Crippen molar-refractivity contribution in [3.05, 3.63) is 0 Å². The van der Waals surface area contributed by atoms with E-state index in [1.807, 2.05) is 55.4 Å². The molecule has 0 aliphatic carbocycles. The molecule has 9 atom stereocenters.